The molecule has 5 N–H and O–H groups in total. The molecule has 0 aliphatic heterocycles. The fourth-order valence-corrected chi connectivity index (χ4v) is 0.553. The molecule has 0 aliphatic carbocycles. The Kier molecular flexibility index (Phi) is 5.86. The highest BCUT2D eigenvalue weighted by Gasteiger charge is 1.96. The maximum atomic E-state index is 8.15. The van der Waals surface area contributed by atoms with Crippen LogP contribution in [0.25, 0.3) is 0 Å². The van der Waals surface area contributed by atoms with E-state index in [0.717, 1.165) is 0 Å². The molecule has 0 aliphatic rings. The molecule has 0 aromatic carbocycles. The Bertz CT molecular complexity index is 121. The van der Waals surface area contributed by atoms with Crippen molar-refractivity contribution in [1.29, 1.82) is 5.41 Å². The van der Waals surface area contributed by atoms with E-state index in [1.165, 1.54) is 0 Å². The summed E-state index contributed by atoms with van der Waals surface area (Å²) in [5.41, 5.74) is 1.88. The molecule has 0 atom stereocenters. The average molecular weight is 183 g/mol. The van der Waals surface area contributed by atoms with Crippen LogP contribution in [0.2, 0.25) is 0 Å². The number of guanidine groups is 1. The molecule has 0 heterocycles. The highest BCUT2D eigenvalue weighted by atomic mass is 35.5. The topological polar surface area (TPSA) is 91.6 Å². The molecule has 0 amide bonds. The monoisotopic (exact) mass is 182 g/mol. The predicted octanol–water partition coefficient (Wildman–Crippen LogP) is -0.275. The standard InChI is InChI=1S/C4H11ClN4O2/c5-2-1-3-7-4(6)8-9(10)11/h10-11H,1-3H2,(H3,6,7,8). The zero-order valence-electron chi connectivity index (χ0n) is 5.84. The molecule has 0 bridgehead atoms. The Morgan fingerprint density at radius 2 is 2.18 bits per heavy atom. The van der Waals surface area contributed by atoms with Gasteiger partial charge in [-0.15, -0.1) is 11.6 Å². The summed E-state index contributed by atoms with van der Waals surface area (Å²) >= 11 is 5.35. The van der Waals surface area contributed by atoms with E-state index in [9.17, 15) is 0 Å². The first-order chi connectivity index (χ1) is 5.16. The third-order valence-electron chi connectivity index (χ3n) is 0.824. The lowest BCUT2D eigenvalue weighted by molar-refractivity contribution is -0.329. The van der Waals surface area contributed by atoms with Gasteiger partial charge in [-0.25, -0.2) is 5.43 Å². The van der Waals surface area contributed by atoms with Crippen LogP contribution in [0.5, 0.6) is 0 Å². The first-order valence-electron chi connectivity index (χ1n) is 2.99. The highest BCUT2D eigenvalue weighted by Crippen LogP contribution is 1.79. The highest BCUT2D eigenvalue weighted by molar-refractivity contribution is 6.17. The second-order valence-electron chi connectivity index (χ2n) is 1.75. The number of hydrogen-bond donors (Lipinski definition) is 5. The van der Waals surface area contributed by atoms with Crippen molar-refractivity contribution in [1.82, 2.24) is 16.1 Å². The fourth-order valence-electron chi connectivity index (χ4n) is 0.420. The van der Waals surface area contributed by atoms with E-state index in [4.69, 9.17) is 27.4 Å². The van der Waals surface area contributed by atoms with Crippen molar-refractivity contribution >= 4 is 17.6 Å². The largest absolute Gasteiger partial charge is 0.355 e. The maximum Gasteiger partial charge on any atom is 0.206 e. The molecule has 7 heteroatoms. The number of nitrogens with one attached hydrogen (secondary N) is 3. The van der Waals surface area contributed by atoms with E-state index >= 15 is 0 Å². The third-order valence-corrected chi connectivity index (χ3v) is 1.09. The van der Waals surface area contributed by atoms with Crippen molar-refractivity contribution in [2.75, 3.05) is 12.4 Å². The summed E-state index contributed by atoms with van der Waals surface area (Å²) in [5, 5.41) is 25.5. The van der Waals surface area contributed by atoms with E-state index in [0.29, 0.717) is 18.8 Å². The van der Waals surface area contributed by atoms with Gasteiger partial charge in [0.1, 0.15) is 0 Å². The molecule has 0 aromatic heterocycles. The van der Waals surface area contributed by atoms with Crippen LogP contribution in [0.15, 0.2) is 0 Å². The lowest BCUT2D eigenvalue weighted by Gasteiger charge is -2.11. The Morgan fingerprint density at radius 3 is 2.64 bits per heavy atom. The first-order valence-corrected chi connectivity index (χ1v) is 3.53. The van der Waals surface area contributed by atoms with Crippen LogP contribution in [0.4, 0.5) is 0 Å². The second kappa shape index (κ2) is 6.17. The van der Waals surface area contributed by atoms with E-state index < -0.39 is 0 Å². The molecule has 6 nitrogen and oxygen atoms in total. The molecule has 0 saturated carbocycles. The molecule has 0 rings (SSSR count). The normalized spacial score (nSPS) is 9.82. The van der Waals surface area contributed by atoms with Gasteiger partial charge in [-0.05, 0) is 6.42 Å². The summed E-state index contributed by atoms with van der Waals surface area (Å²) < 4.78 is 0. The SMILES string of the molecule is N=C(NCCCCl)NN(O)O. The second-order valence-corrected chi connectivity index (χ2v) is 2.12. The lowest BCUT2D eigenvalue weighted by atomic mass is 10.5. The minimum Gasteiger partial charge on any atom is -0.355 e. The summed E-state index contributed by atoms with van der Waals surface area (Å²) in [7, 11) is 0. The van der Waals surface area contributed by atoms with Crippen LogP contribution in [-0.4, -0.2) is 34.1 Å². The molecule has 66 valence electrons. The number of hydrazine groups is 1. The molecular weight excluding hydrogens is 172 g/mol. The Labute approximate surface area is 69.1 Å². The van der Waals surface area contributed by atoms with E-state index in [2.05, 4.69) is 5.32 Å². The van der Waals surface area contributed by atoms with Crippen molar-refractivity contribution in [3.63, 3.8) is 0 Å². The van der Waals surface area contributed by atoms with E-state index in [1.807, 2.05) is 5.43 Å². The average Bonchev–Trinajstić information content (AvgIpc) is 1.86. The summed E-state index contributed by atoms with van der Waals surface area (Å²) in [6.45, 7) is 0.517. The van der Waals surface area contributed by atoms with Gasteiger partial charge in [-0.1, -0.05) is 0 Å². The van der Waals surface area contributed by atoms with Gasteiger partial charge in [-0.3, -0.25) is 15.8 Å². The molecule has 0 spiro atoms. The minimum atomic E-state index is -0.296. The molecule has 0 aromatic rings. The summed E-state index contributed by atoms with van der Waals surface area (Å²) in [6, 6.07) is 0. The Balaban J connectivity index is 3.23. The van der Waals surface area contributed by atoms with Gasteiger partial charge in [0.15, 0.2) is 0 Å². The third kappa shape index (κ3) is 7.34. The number of halogens is 1. The van der Waals surface area contributed by atoms with Crippen molar-refractivity contribution in [2.24, 2.45) is 0 Å². The summed E-state index contributed by atoms with van der Waals surface area (Å²) in [5.74, 6) is 0.308. The number of nitrogens with zero attached hydrogens (tertiary/aromatic N) is 1. The van der Waals surface area contributed by atoms with Crippen molar-refractivity contribution < 1.29 is 10.4 Å². The number of alkyl halides is 1. The van der Waals surface area contributed by atoms with Gasteiger partial charge in [0.25, 0.3) is 0 Å². The van der Waals surface area contributed by atoms with Crippen LogP contribution >= 0.6 is 11.6 Å². The molecule has 0 radical (unpaired) electrons. The van der Waals surface area contributed by atoms with Gasteiger partial charge in [0.05, 0.1) is 0 Å². The van der Waals surface area contributed by atoms with Gasteiger partial charge in [-0.2, -0.15) is 0 Å². The van der Waals surface area contributed by atoms with Crippen LogP contribution in [0.1, 0.15) is 6.42 Å². The van der Waals surface area contributed by atoms with Crippen molar-refractivity contribution in [3.05, 3.63) is 0 Å². The van der Waals surface area contributed by atoms with Crippen LogP contribution in [-0.2, 0) is 0 Å². The number of hydrogen-bond acceptors (Lipinski definition) is 4. The first kappa shape index (κ1) is 10.4. The Morgan fingerprint density at radius 1 is 1.55 bits per heavy atom. The molecule has 0 unspecified atom stereocenters. The van der Waals surface area contributed by atoms with Crippen molar-refractivity contribution in [2.45, 2.75) is 6.42 Å². The molecule has 0 fully saturated rings. The molecular formula is C4H11ClN4O2. The smallest absolute Gasteiger partial charge is 0.206 e. The van der Waals surface area contributed by atoms with Gasteiger partial charge in [0, 0.05) is 17.8 Å². The van der Waals surface area contributed by atoms with Crippen LogP contribution in [0.3, 0.4) is 0 Å². The Hall–Kier alpha value is -0.560. The zero-order chi connectivity index (χ0) is 8.69. The molecule has 0 saturated heterocycles. The minimum absolute atomic E-state index is 0.194. The summed E-state index contributed by atoms with van der Waals surface area (Å²) in [6.07, 6.45) is 0.711. The van der Waals surface area contributed by atoms with Gasteiger partial charge >= 0.3 is 0 Å². The maximum absolute atomic E-state index is 8.15. The predicted molar refractivity (Wildman–Crippen MR) is 39.6 cm³/mol. The van der Waals surface area contributed by atoms with Crippen LogP contribution in [0, 0.1) is 5.41 Å². The molecule has 11 heavy (non-hydrogen) atoms. The van der Waals surface area contributed by atoms with E-state index in [1.54, 1.807) is 0 Å². The quantitative estimate of drug-likeness (QED) is 0.136. The van der Waals surface area contributed by atoms with Crippen LogP contribution < -0.4 is 10.7 Å². The van der Waals surface area contributed by atoms with Gasteiger partial charge in [0.2, 0.25) is 5.96 Å². The van der Waals surface area contributed by atoms with Crippen molar-refractivity contribution in [3.8, 4) is 0 Å². The zero-order valence-corrected chi connectivity index (χ0v) is 6.60. The summed E-state index contributed by atoms with van der Waals surface area (Å²) in [4.78, 5) is 0. The van der Waals surface area contributed by atoms with Gasteiger partial charge < -0.3 is 5.32 Å². The number of rotatable bonds is 4. The fraction of sp³-hybridized carbons (Fsp3) is 0.750. The lowest BCUT2D eigenvalue weighted by Crippen LogP contribution is -2.44. The van der Waals surface area contributed by atoms with E-state index in [-0.39, 0.29) is 11.3 Å².